The number of aliphatic hydroxyl groups excluding tert-OH is 2. The molecule has 7 heteroatoms. The summed E-state index contributed by atoms with van der Waals surface area (Å²) < 4.78 is 29.1. The highest BCUT2D eigenvalue weighted by Crippen LogP contribution is 2.53. The number of benzene rings is 2. The molecule has 0 saturated carbocycles. The quantitative estimate of drug-likeness (QED) is 0.747. The van der Waals surface area contributed by atoms with Gasteiger partial charge in [0.2, 0.25) is 0 Å². The molecule has 0 spiro atoms. The van der Waals surface area contributed by atoms with Crippen LogP contribution in [-0.4, -0.2) is 49.9 Å². The van der Waals surface area contributed by atoms with E-state index >= 15 is 0 Å². The number of aliphatic hydroxyl groups is 2. The summed E-state index contributed by atoms with van der Waals surface area (Å²) in [5, 5.41) is 20.7. The highest BCUT2D eigenvalue weighted by Gasteiger charge is 2.45. The third-order valence-electron chi connectivity index (χ3n) is 6.17. The largest absolute Gasteiger partial charge is 0.493 e. The maximum absolute atomic E-state index is 11.3. The standard InChI is InChI=1S/C23H24O7/c1-11(9-24)16-7-14-15(29-16)5-4-12-22(25)21-13-6-18(26-2)19(27-3)8-17(13)28-10-20(21)30-23(12)14/h4-6,8,16,20-22,24-25H,1,7,9-10H2,2-3H3. The zero-order chi connectivity index (χ0) is 21.0. The minimum atomic E-state index is -0.773. The summed E-state index contributed by atoms with van der Waals surface area (Å²) in [6, 6.07) is 7.32. The molecule has 5 rings (SSSR count). The molecule has 158 valence electrons. The van der Waals surface area contributed by atoms with E-state index < -0.39 is 6.10 Å². The maximum Gasteiger partial charge on any atom is 0.164 e. The second-order valence-corrected chi connectivity index (χ2v) is 7.77. The zero-order valence-corrected chi connectivity index (χ0v) is 16.9. The molecule has 0 saturated heterocycles. The molecule has 2 aromatic carbocycles. The van der Waals surface area contributed by atoms with Crippen LogP contribution in [0.2, 0.25) is 0 Å². The van der Waals surface area contributed by atoms with E-state index in [-0.39, 0.29) is 24.7 Å². The molecular weight excluding hydrogens is 388 g/mol. The average Bonchev–Trinajstić information content (AvgIpc) is 3.22. The number of rotatable bonds is 4. The van der Waals surface area contributed by atoms with E-state index in [1.807, 2.05) is 18.2 Å². The normalized spacial score (nSPS) is 25.5. The second-order valence-electron chi connectivity index (χ2n) is 7.77. The molecule has 3 aliphatic heterocycles. The van der Waals surface area contributed by atoms with Gasteiger partial charge in [-0.1, -0.05) is 6.58 Å². The van der Waals surface area contributed by atoms with Gasteiger partial charge in [-0.2, -0.15) is 0 Å². The molecule has 7 nitrogen and oxygen atoms in total. The first-order valence-corrected chi connectivity index (χ1v) is 9.90. The van der Waals surface area contributed by atoms with Crippen molar-refractivity contribution < 1.29 is 33.9 Å². The van der Waals surface area contributed by atoms with Crippen molar-refractivity contribution in [2.24, 2.45) is 0 Å². The van der Waals surface area contributed by atoms with Crippen LogP contribution in [0, 0.1) is 0 Å². The van der Waals surface area contributed by atoms with Crippen molar-refractivity contribution in [3.05, 3.63) is 53.1 Å². The topological polar surface area (TPSA) is 86.6 Å². The van der Waals surface area contributed by atoms with E-state index in [4.69, 9.17) is 23.7 Å². The third kappa shape index (κ3) is 2.73. The first-order valence-electron chi connectivity index (χ1n) is 9.90. The molecule has 0 aliphatic carbocycles. The minimum Gasteiger partial charge on any atom is -0.493 e. The predicted octanol–water partition coefficient (Wildman–Crippen LogP) is 2.53. The van der Waals surface area contributed by atoms with Crippen LogP contribution in [0.15, 0.2) is 36.4 Å². The molecule has 4 atom stereocenters. The summed E-state index contributed by atoms with van der Waals surface area (Å²) in [4.78, 5) is 0. The molecule has 2 N–H and O–H groups in total. The lowest BCUT2D eigenvalue weighted by Crippen LogP contribution is -2.42. The van der Waals surface area contributed by atoms with Crippen molar-refractivity contribution in [2.75, 3.05) is 27.4 Å². The summed E-state index contributed by atoms with van der Waals surface area (Å²) in [7, 11) is 3.15. The van der Waals surface area contributed by atoms with Gasteiger partial charge in [0.15, 0.2) is 11.5 Å². The first kappa shape index (κ1) is 19.1. The van der Waals surface area contributed by atoms with Crippen molar-refractivity contribution in [2.45, 2.75) is 30.7 Å². The minimum absolute atomic E-state index is 0.134. The maximum atomic E-state index is 11.3. The van der Waals surface area contributed by atoms with Gasteiger partial charge < -0.3 is 33.9 Å². The van der Waals surface area contributed by atoms with Crippen molar-refractivity contribution >= 4 is 0 Å². The number of hydrogen-bond donors (Lipinski definition) is 2. The smallest absolute Gasteiger partial charge is 0.164 e. The Morgan fingerprint density at radius 1 is 1.10 bits per heavy atom. The summed E-state index contributed by atoms with van der Waals surface area (Å²) in [6.45, 7) is 4.05. The van der Waals surface area contributed by atoms with E-state index in [2.05, 4.69) is 6.58 Å². The summed E-state index contributed by atoms with van der Waals surface area (Å²) in [5.41, 5.74) is 3.05. The molecule has 30 heavy (non-hydrogen) atoms. The molecular formula is C23H24O7. The van der Waals surface area contributed by atoms with Gasteiger partial charge in [0.1, 0.15) is 36.1 Å². The zero-order valence-electron chi connectivity index (χ0n) is 16.9. The van der Waals surface area contributed by atoms with E-state index in [0.29, 0.717) is 47.3 Å². The Balaban J connectivity index is 1.55. The Hall–Kier alpha value is -2.90. The Morgan fingerprint density at radius 3 is 2.60 bits per heavy atom. The fourth-order valence-electron chi connectivity index (χ4n) is 4.58. The summed E-state index contributed by atoms with van der Waals surface area (Å²) in [6.07, 6.45) is -0.880. The van der Waals surface area contributed by atoms with Crippen LogP contribution >= 0.6 is 0 Å². The highest BCUT2D eigenvalue weighted by molar-refractivity contribution is 5.59. The van der Waals surface area contributed by atoms with Gasteiger partial charge in [-0.25, -0.2) is 0 Å². The van der Waals surface area contributed by atoms with Gasteiger partial charge in [-0.15, -0.1) is 0 Å². The van der Waals surface area contributed by atoms with Crippen molar-refractivity contribution in [1.29, 1.82) is 0 Å². The van der Waals surface area contributed by atoms with Crippen LogP contribution in [0.4, 0.5) is 0 Å². The van der Waals surface area contributed by atoms with Gasteiger partial charge in [0.25, 0.3) is 0 Å². The Bertz CT molecular complexity index is 1020. The van der Waals surface area contributed by atoms with E-state index in [1.54, 1.807) is 20.3 Å². The Morgan fingerprint density at radius 2 is 1.87 bits per heavy atom. The summed E-state index contributed by atoms with van der Waals surface area (Å²) >= 11 is 0. The summed E-state index contributed by atoms with van der Waals surface area (Å²) in [5.74, 6) is 2.84. The van der Waals surface area contributed by atoms with Crippen LogP contribution in [0.25, 0.3) is 0 Å². The molecule has 0 bridgehead atoms. The van der Waals surface area contributed by atoms with Crippen LogP contribution in [0.5, 0.6) is 28.7 Å². The highest BCUT2D eigenvalue weighted by atomic mass is 16.5. The first-order chi connectivity index (χ1) is 14.5. The van der Waals surface area contributed by atoms with Gasteiger partial charge in [0, 0.05) is 29.2 Å². The molecule has 0 fully saturated rings. The Labute approximate surface area is 174 Å². The monoisotopic (exact) mass is 412 g/mol. The molecule has 0 radical (unpaired) electrons. The number of hydrogen-bond acceptors (Lipinski definition) is 7. The van der Waals surface area contributed by atoms with Gasteiger partial charge in [-0.05, 0) is 23.8 Å². The van der Waals surface area contributed by atoms with Crippen LogP contribution in [0.1, 0.15) is 28.7 Å². The van der Waals surface area contributed by atoms with Crippen molar-refractivity contribution in [3.63, 3.8) is 0 Å². The van der Waals surface area contributed by atoms with E-state index in [0.717, 1.165) is 16.7 Å². The van der Waals surface area contributed by atoms with Gasteiger partial charge in [-0.3, -0.25) is 0 Å². The van der Waals surface area contributed by atoms with E-state index in [1.165, 1.54) is 0 Å². The lowest BCUT2D eigenvalue weighted by Gasteiger charge is -2.41. The molecule has 4 unspecified atom stereocenters. The Kier molecular flexibility index (Phi) is 4.52. The molecule has 0 amide bonds. The van der Waals surface area contributed by atoms with Crippen LogP contribution < -0.4 is 23.7 Å². The molecule has 2 aromatic rings. The predicted molar refractivity (Wildman–Crippen MR) is 108 cm³/mol. The van der Waals surface area contributed by atoms with Gasteiger partial charge in [0.05, 0.1) is 32.8 Å². The van der Waals surface area contributed by atoms with Crippen molar-refractivity contribution in [3.8, 4) is 28.7 Å². The number of ether oxygens (including phenoxy) is 5. The fourth-order valence-corrected chi connectivity index (χ4v) is 4.58. The molecule has 3 aliphatic rings. The van der Waals surface area contributed by atoms with E-state index in [9.17, 15) is 10.2 Å². The second kappa shape index (κ2) is 7.11. The average molecular weight is 412 g/mol. The SMILES string of the molecule is C=C(CO)C1Cc2c(ccc3c2OC2COc4cc(OC)c(OC)cc4C2C3O)O1. The number of methoxy groups -OCH3 is 2. The number of fused-ring (bicyclic) bond motifs is 6. The van der Waals surface area contributed by atoms with Crippen LogP contribution in [0.3, 0.4) is 0 Å². The molecule has 3 heterocycles. The van der Waals surface area contributed by atoms with Gasteiger partial charge >= 0.3 is 0 Å². The molecule has 0 aromatic heterocycles. The fraction of sp³-hybridized carbons (Fsp3) is 0.391. The lowest BCUT2D eigenvalue weighted by atomic mass is 9.80. The van der Waals surface area contributed by atoms with Crippen molar-refractivity contribution in [1.82, 2.24) is 0 Å². The van der Waals surface area contributed by atoms with Crippen LogP contribution in [-0.2, 0) is 6.42 Å². The third-order valence-corrected chi connectivity index (χ3v) is 6.17. The lowest BCUT2D eigenvalue weighted by molar-refractivity contribution is 0.000789.